The Labute approximate surface area is 412 Å². The average molecular weight is 949 g/mol. The molecule has 2 aromatic carbocycles. The Bertz CT molecular complexity index is 2280. The van der Waals surface area contributed by atoms with Crippen LogP contribution in [0, 0.1) is 6.92 Å². The number of piperidine rings is 2. The van der Waals surface area contributed by atoms with E-state index in [2.05, 4.69) is 40.1 Å². The number of aryl methyl sites for hydroxylation is 1. The van der Waals surface area contributed by atoms with Gasteiger partial charge in [0.2, 0.25) is 5.91 Å². The minimum absolute atomic E-state index is 0.0449. The molecule has 3 saturated heterocycles. The molecule has 3 aliphatic heterocycles. The number of aromatic nitrogens is 3. The van der Waals surface area contributed by atoms with Crippen molar-refractivity contribution in [3.8, 4) is 0 Å². The molecule has 7 rings (SSSR count). The van der Waals surface area contributed by atoms with Crippen LogP contribution in [0.1, 0.15) is 164 Å². The monoisotopic (exact) mass is 949 g/mol. The third kappa shape index (κ3) is 15.6. The summed E-state index contributed by atoms with van der Waals surface area (Å²) >= 11 is 0. The topological polar surface area (TPSA) is 136 Å². The minimum atomic E-state index is -0.758. The zero-order valence-electron chi connectivity index (χ0n) is 42.5. The van der Waals surface area contributed by atoms with Crippen molar-refractivity contribution in [2.75, 3.05) is 59.4 Å². The number of urea groups is 1. The number of carbonyl (C=O) groups is 3. The number of unbranched alkanes of at least 4 members (excludes halogenated alkanes) is 15. The zero-order chi connectivity index (χ0) is 48.4. The van der Waals surface area contributed by atoms with Crippen LogP contribution < -0.4 is 10.9 Å². The van der Waals surface area contributed by atoms with Crippen molar-refractivity contribution in [3.63, 3.8) is 0 Å². The van der Waals surface area contributed by atoms with Gasteiger partial charge in [0.1, 0.15) is 6.04 Å². The maximum absolute atomic E-state index is 14.5. The van der Waals surface area contributed by atoms with E-state index in [9.17, 15) is 19.2 Å². The zero-order valence-corrected chi connectivity index (χ0v) is 42.5. The van der Waals surface area contributed by atoms with Crippen molar-refractivity contribution >= 4 is 39.7 Å². The van der Waals surface area contributed by atoms with Gasteiger partial charge in [0.15, 0.2) is 6.73 Å². The molecule has 378 valence electrons. The van der Waals surface area contributed by atoms with Crippen molar-refractivity contribution < 1.29 is 19.1 Å². The van der Waals surface area contributed by atoms with Crippen molar-refractivity contribution in [3.05, 3.63) is 75.7 Å². The van der Waals surface area contributed by atoms with Crippen molar-refractivity contribution in [1.29, 1.82) is 0 Å². The van der Waals surface area contributed by atoms with Gasteiger partial charge in [0.25, 0.3) is 5.56 Å². The SMILES string of the molecule is CCCCCCCCCCCCCCCCCCC(=O)OCn1cc2cc(CC(NC(=O)N3CCC(c4cc5ccccc5[nH]c4=O)CC3)C(=O)N3CCN(C4CCN(C)CC4)CC3)cc(C)c2n1. The van der Waals surface area contributed by atoms with Gasteiger partial charge in [-0.05, 0) is 99.8 Å². The van der Waals surface area contributed by atoms with E-state index in [1.165, 1.54) is 83.5 Å². The molecular weight excluding hydrogens is 865 g/mol. The summed E-state index contributed by atoms with van der Waals surface area (Å²) in [5.74, 6) is -0.217. The van der Waals surface area contributed by atoms with Crippen LogP contribution >= 0.6 is 0 Å². The van der Waals surface area contributed by atoms with Crippen molar-refractivity contribution in [2.45, 2.75) is 180 Å². The van der Waals surface area contributed by atoms with E-state index in [4.69, 9.17) is 9.84 Å². The van der Waals surface area contributed by atoms with Crippen LogP contribution in [0.15, 0.2) is 53.5 Å². The Morgan fingerprint density at radius 1 is 0.739 bits per heavy atom. The fourth-order valence-electron chi connectivity index (χ4n) is 11.1. The van der Waals surface area contributed by atoms with Crippen LogP contribution in [-0.4, -0.2) is 124 Å². The lowest BCUT2D eigenvalue weighted by Gasteiger charge is -2.43. The fraction of sp³-hybridized carbons (Fsp3) is 0.661. The van der Waals surface area contributed by atoms with Gasteiger partial charge in [-0.1, -0.05) is 128 Å². The van der Waals surface area contributed by atoms with Crippen molar-refractivity contribution in [1.82, 2.24) is 39.7 Å². The summed E-state index contributed by atoms with van der Waals surface area (Å²) in [6, 6.07) is 13.4. The number of hydrogen-bond acceptors (Lipinski definition) is 8. The summed E-state index contributed by atoms with van der Waals surface area (Å²) in [4.78, 5) is 66.1. The highest BCUT2D eigenvalue weighted by atomic mass is 16.5. The van der Waals surface area contributed by atoms with E-state index >= 15 is 0 Å². The Morgan fingerprint density at radius 2 is 1.36 bits per heavy atom. The van der Waals surface area contributed by atoms with E-state index in [0.717, 1.165) is 96.8 Å². The molecule has 13 nitrogen and oxygen atoms in total. The molecule has 69 heavy (non-hydrogen) atoms. The molecule has 3 aliphatic rings. The van der Waals surface area contributed by atoms with E-state index in [1.54, 1.807) is 9.58 Å². The lowest BCUT2D eigenvalue weighted by atomic mass is 9.89. The van der Waals surface area contributed by atoms with Crippen molar-refractivity contribution in [2.24, 2.45) is 0 Å². The highest BCUT2D eigenvalue weighted by molar-refractivity contribution is 5.88. The van der Waals surface area contributed by atoms with Gasteiger partial charge in [-0.3, -0.25) is 19.3 Å². The number of ether oxygens (including phenoxy) is 1. The Hall–Kier alpha value is -4.75. The quantitative estimate of drug-likeness (QED) is 0.0495. The molecule has 1 atom stereocenters. The molecule has 1 unspecified atom stereocenters. The fourth-order valence-corrected chi connectivity index (χ4v) is 11.1. The predicted molar refractivity (Wildman–Crippen MR) is 278 cm³/mol. The van der Waals surface area contributed by atoms with Crippen LogP contribution in [0.2, 0.25) is 0 Å². The van der Waals surface area contributed by atoms with Gasteiger partial charge >= 0.3 is 12.0 Å². The van der Waals surface area contributed by atoms with Crippen LogP contribution in [-0.2, 0) is 27.5 Å². The molecule has 4 aromatic rings. The normalized spacial score (nSPS) is 17.2. The molecule has 0 radical (unpaired) electrons. The van der Waals surface area contributed by atoms with Crippen LogP contribution in [0.4, 0.5) is 4.79 Å². The number of fused-ring (bicyclic) bond motifs is 2. The first-order valence-electron chi connectivity index (χ1n) is 27.2. The summed E-state index contributed by atoms with van der Waals surface area (Å²) in [7, 11) is 2.18. The van der Waals surface area contributed by atoms with Gasteiger partial charge in [0, 0.05) is 80.8 Å². The van der Waals surface area contributed by atoms with Gasteiger partial charge in [-0.2, -0.15) is 5.10 Å². The number of pyridine rings is 1. The number of benzene rings is 2. The molecular formula is C56H84N8O5. The molecule has 5 heterocycles. The minimum Gasteiger partial charge on any atom is -0.442 e. The summed E-state index contributed by atoms with van der Waals surface area (Å²) in [6.45, 7) is 10.4. The molecule has 0 bridgehead atoms. The predicted octanol–water partition coefficient (Wildman–Crippen LogP) is 10.1. The van der Waals surface area contributed by atoms with Gasteiger partial charge < -0.3 is 29.7 Å². The Balaban J connectivity index is 0.884. The first-order chi connectivity index (χ1) is 33.6. The van der Waals surface area contributed by atoms with E-state index < -0.39 is 6.04 Å². The van der Waals surface area contributed by atoms with E-state index in [0.29, 0.717) is 57.9 Å². The van der Waals surface area contributed by atoms with Gasteiger partial charge in [-0.25, -0.2) is 9.48 Å². The number of H-pyrrole nitrogens is 1. The Morgan fingerprint density at radius 3 is 2.01 bits per heavy atom. The standard InChI is InChI=1S/C56H84N8O5/c1-4-5-6-7-8-9-10-11-12-13-14-15-16-17-18-19-24-52(65)69-42-64-41-47-38-44(37-43(2)53(47)59-64)39-51(55(67)62-35-33-61(34-36-62)48-27-29-60(3)30-28-48)58-56(68)63-31-25-45(26-32-63)49-40-46-22-20-21-23-50(46)57-54(49)66/h20-23,37-38,40-41,45,48,51H,4-19,24-36,39,42H2,1-3H3,(H,57,66)(H,58,68). The molecule has 0 aliphatic carbocycles. The number of nitrogens with one attached hydrogen (secondary N) is 2. The third-order valence-corrected chi connectivity index (χ3v) is 15.4. The number of likely N-dealkylation sites (tertiary alicyclic amines) is 2. The first kappa shape index (κ1) is 52.1. The number of esters is 1. The molecule has 0 spiro atoms. The smallest absolute Gasteiger partial charge is 0.318 e. The van der Waals surface area contributed by atoms with E-state index in [-0.39, 0.29) is 36.1 Å². The van der Waals surface area contributed by atoms with Gasteiger partial charge in [-0.15, -0.1) is 0 Å². The number of rotatable bonds is 25. The summed E-state index contributed by atoms with van der Waals surface area (Å²) in [5, 5.41) is 9.84. The molecule has 13 heteroatoms. The highest BCUT2D eigenvalue weighted by Gasteiger charge is 2.34. The highest BCUT2D eigenvalue weighted by Crippen LogP contribution is 2.28. The number of aromatic amines is 1. The third-order valence-electron chi connectivity index (χ3n) is 15.4. The summed E-state index contributed by atoms with van der Waals surface area (Å²) < 4.78 is 7.34. The molecule has 3 amide bonds. The number of piperazine rings is 1. The lowest BCUT2D eigenvalue weighted by molar-refractivity contribution is -0.148. The van der Waals surface area contributed by atoms with Crippen LogP contribution in [0.25, 0.3) is 21.8 Å². The average Bonchev–Trinajstić information content (AvgIpc) is 3.79. The first-order valence-corrected chi connectivity index (χ1v) is 27.2. The van der Waals surface area contributed by atoms with Crippen LogP contribution in [0.3, 0.4) is 0 Å². The summed E-state index contributed by atoms with van der Waals surface area (Å²) in [5.41, 5.74) is 4.21. The van der Waals surface area contributed by atoms with Crippen LogP contribution in [0.5, 0.6) is 0 Å². The molecule has 2 N–H and O–H groups in total. The number of amides is 3. The number of carbonyl (C=O) groups excluding carboxylic acids is 3. The maximum Gasteiger partial charge on any atom is 0.318 e. The second kappa shape index (κ2) is 27.0. The summed E-state index contributed by atoms with van der Waals surface area (Å²) in [6.07, 6.45) is 27.0. The maximum atomic E-state index is 14.5. The number of nitrogens with zero attached hydrogens (tertiary/aromatic N) is 6. The molecule has 3 fully saturated rings. The largest absolute Gasteiger partial charge is 0.442 e. The number of hydrogen-bond donors (Lipinski definition) is 2. The molecule has 2 aromatic heterocycles. The molecule has 0 saturated carbocycles. The van der Waals surface area contributed by atoms with Gasteiger partial charge in [0.05, 0.1) is 5.52 Å². The Kier molecular flexibility index (Phi) is 20.4. The second-order valence-electron chi connectivity index (χ2n) is 20.7. The lowest BCUT2D eigenvalue weighted by Crippen LogP contribution is -2.59. The van der Waals surface area contributed by atoms with E-state index in [1.807, 2.05) is 54.4 Å². The number of para-hydroxylation sites is 1. The second-order valence-corrected chi connectivity index (χ2v) is 20.7.